The largest absolute Gasteiger partial charge is 0.492 e. The summed E-state index contributed by atoms with van der Waals surface area (Å²) in [6.07, 6.45) is 0.904. The Kier molecular flexibility index (Phi) is 7.90. The summed E-state index contributed by atoms with van der Waals surface area (Å²) in [6, 6.07) is 7.83. The number of nitrogens with zero attached hydrogens (tertiary/aromatic N) is 1. The van der Waals surface area contributed by atoms with Crippen LogP contribution in [0.3, 0.4) is 0 Å². The van der Waals surface area contributed by atoms with Crippen LogP contribution >= 0.6 is 15.9 Å². The second kappa shape index (κ2) is 9.98. The standard InChI is InChI=1S/C19H24BrN3O6S/c1-19(2,3)29-18(24)21-8-9-28-15-7-5-6-14(11-15)23-30(25,26)16-10-13(20)12-22-17(16)27-4/h5-7,10-12,23H,8-9H2,1-4H3,(H,21,24). The average Bonchev–Trinajstić information content (AvgIpc) is 2.64. The Bertz CT molecular complexity index is 992. The zero-order valence-corrected chi connectivity index (χ0v) is 19.5. The molecule has 9 nitrogen and oxygen atoms in total. The first-order valence-electron chi connectivity index (χ1n) is 8.92. The predicted molar refractivity (Wildman–Crippen MR) is 115 cm³/mol. The third-order valence-electron chi connectivity index (χ3n) is 3.39. The van der Waals surface area contributed by atoms with Gasteiger partial charge in [-0.2, -0.15) is 0 Å². The van der Waals surface area contributed by atoms with Gasteiger partial charge < -0.3 is 19.5 Å². The molecular formula is C19H24BrN3O6S. The highest BCUT2D eigenvalue weighted by molar-refractivity contribution is 9.10. The zero-order valence-electron chi connectivity index (χ0n) is 17.1. The number of carbonyl (C=O) groups is 1. The van der Waals surface area contributed by atoms with E-state index < -0.39 is 21.7 Å². The van der Waals surface area contributed by atoms with Crippen LogP contribution in [0.4, 0.5) is 10.5 Å². The van der Waals surface area contributed by atoms with Crippen LogP contribution in [0.25, 0.3) is 0 Å². The van der Waals surface area contributed by atoms with Gasteiger partial charge in [-0.3, -0.25) is 4.72 Å². The smallest absolute Gasteiger partial charge is 0.407 e. The number of nitrogens with one attached hydrogen (secondary N) is 2. The summed E-state index contributed by atoms with van der Waals surface area (Å²) in [4.78, 5) is 15.5. The van der Waals surface area contributed by atoms with Gasteiger partial charge in [0, 0.05) is 16.7 Å². The van der Waals surface area contributed by atoms with Crippen molar-refractivity contribution in [1.29, 1.82) is 0 Å². The first-order chi connectivity index (χ1) is 14.0. The van der Waals surface area contributed by atoms with Crippen LogP contribution in [-0.4, -0.2) is 45.4 Å². The maximum Gasteiger partial charge on any atom is 0.407 e. The number of rotatable bonds is 8. The minimum atomic E-state index is -3.95. The Morgan fingerprint density at radius 2 is 1.97 bits per heavy atom. The van der Waals surface area contributed by atoms with E-state index in [9.17, 15) is 13.2 Å². The summed E-state index contributed by atoms with van der Waals surface area (Å²) in [5.41, 5.74) is -0.280. The van der Waals surface area contributed by atoms with E-state index in [2.05, 4.69) is 31.0 Å². The molecule has 0 fully saturated rings. The lowest BCUT2D eigenvalue weighted by Crippen LogP contribution is -2.34. The van der Waals surface area contributed by atoms with Gasteiger partial charge in [0.25, 0.3) is 10.0 Å². The molecule has 1 aromatic heterocycles. The minimum Gasteiger partial charge on any atom is -0.492 e. The molecule has 0 unspecified atom stereocenters. The fourth-order valence-electron chi connectivity index (χ4n) is 2.25. The van der Waals surface area contributed by atoms with Gasteiger partial charge in [-0.15, -0.1) is 0 Å². The van der Waals surface area contributed by atoms with Crippen LogP contribution < -0.4 is 19.5 Å². The van der Waals surface area contributed by atoms with E-state index in [1.54, 1.807) is 39.0 Å². The Morgan fingerprint density at radius 1 is 1.23 bits per heavy atom. The van der Waals surface area contributed by atoms with E-state index in [0.717, 1.165) is 0 Å². The van der Waals surface area contributed by atoms with Gasteiger partial charge in [-0.05, 0) is 54.9 Å². The fraction of sp³-hybridized carbons (Fsp3) is 0.368. The number of halogens is 1. The van der Waals surface area contributed by atoms with Gasteiger partial charge in [-0.25, -0.2) is 18.2 Å². The van der Waals surface area contributed by atoms with Crippen LogP contribution in [0, 0.1) is 0 Å². The van der Waals surface area contributed by atoms with Crippen molar-refractivity contribution in [3.05, 3.63) is 41.0 Å². The monoisotopic (exact) mass is 501 g/mol. The van der Waals surface area contributed by atoms with Crippen molar-refractivity contribution in [2.24, 2.45) is 0 Å². The Balaban J connectivity index is 1.99. The van der Waals surface area contributed by atoms with Crippen molar-refractivity contribution in [3.63, 3.8) is 0 Å². The highest BCUT2D eigenvalue weighted by Gasteiger charge is 2.21. The highest BCUT2D eigenvalue weighted by Crippen LogP contribution is 2.27. The molecular weight excluding hydrogens is 478 g/mol. The van der Waals surface area contributed by atoms with E-state index in [4.69, 9.17) is 14.2 Å². The first-order valence-corrected chi connectivity index (χ1v) is 11.2. The molecule has 0 aliphatic rings. The van der Waals surface area contributed by atoms with Crippen molar-refractivity contribution in [2.75, 3.05) is 25.0 Å². The molecule has 0 aliphatic heterocycles. The predicted octanol–water partition coefficient (Wildman–Crippen LogP) is 3.56. The minimum absolute atomic E-state index is 0.0219. The summed E-state index contributed by atoms with van der Waals surface area (Å²) in [6.45, 7) is 5.73. The second-order valence-electron chi connectivity index (χ2n) is 7.07. The quantitative estimate of drug-likeness (QED) is 0.531. The topological polar surface area (TPSA) is 116 Å². The third-order valence-corrected chi connectivity index (χ3v) is 5.20. The van der Waals surface area contributed by atoms with Crippen LogP contribution in [0.15, 0.2) is 45.9 Å². The van der Waals surface area contributed by atoms with E-state index in [1.807, 2.05) is 0 Å². The molecule has 0 saturated carbocycles. The van der Waals surface area contributed by atoms with E-state index in [-0.39, 0.29) is 23.9 Å². The number of aromatic nitrogens is 1. The SMILES string of the molecule is COc1ncc(Br)cc1S(=O)(=O)Nc1cccc(OCCNC(=O)OC(C)(C)C)c1. The van der Waals surface area contributed by atoms with Gasteiger partial charge in [0.2, 0.25) is 5.88 Å². The summed E-state index contributed by atoms with van der Waals surface area (Å²) >= 11 is 3.21. The number of alkyl carbamates (subject to hydrolysis) is 1. The van der Waals surface area contributed by atoms with E-state index in [1.165, 1.54) is 25.4 Å². The number of anilines is 1. The molecule has 0 saturated heterocycles. The van der Waals surface area contributed by atoms with Gasteiger partial charge in [0.1, 0.15) is 18.0 Å². The maximum atomic E-state index is 12.7. The normalized spacial score (nSPS) is 11.5. The van der Waals surface area contributed by atoms with Crippen LogP contribution in [0.1, 0.15) is 20.8 Å². The van der Waals surface area contributed by atoms with Crippen molar-refractivity contribution in [1.82, 2.24) is 10.3 Å². The fourth-order valence-corrected chi connectivity index (χ4v) is 3.93. The number of pyridine rings is 1. The highest BCUT2D eigenvalue weighted by atomic mass is 79.9. The number of hydrogen-bond donors (Lipinski definition) is 2. The van der Waals surface area contributed by atoms with E-state index >= 15 is 0 Å². The number of hydrogen-bond acceptors (Lipinski definition) is 7. The number of methoxy groups -OCH3 is 1. The number of sulfonamides is 1. The zero-order chi connectivity index (χ0) is 22.4. The molecule has 2 N–H and O–H groups in total. The molecule has 0 aliphatic carbocycles. The summed E-state index contributed by atoms with van der Waals surface area (Å²) in [5.74, 6) is 0.409. The summed E-state index contributed by atoms with van der Waals surface area (Å²) < 4.78 is 44.2. The molecule has 0 bridgehead atoms. The number of benzene rings is 1. The molecule has 1 aromatic carbocycles. The van der Waals surface area contributed by atoms with Crippen LogP contribution in [0.2, 0.25) is 0 Å². The third kappa shape index (κ3) is 7.38. The molecule has 1 heterocycles. The first kappa shape index (κ1) is 23.7. The Hall–Kier alpha value is -2.53. The molecule has 0 spiro atoms. The molecule has 2 aromatic rings. The van der Waals surface area contributed by atoms with Crippen molar-refractivity contribution in [3.8, 4) is 11.6 Å². The molecule has 11 heteroatoms. The van der Waals surface area contributed by atoms with E-state index in [0.29, 0.717) is 15.9 Å². The lowest BCUT2D eigenvalue weighted by molar-refractivity contribution is 0.0520. The molecule has 0 atom stereocenters. The van der Waals surface area contributed by atoms with Gasteiger partial charge in [0.15, 0.2) is 4.90 Å². The number of amides is 1. The molecule has 2 rings (SSSR count). The number of ether oxygens (including phenoxy) is 3. The van der Waals surface area contributed by atoms with Crippen molar-refractivity contribution in [2.45, 2.75) is 31.3 Å². The molecule has 164 valence electrons. The molecule has 30 heavy (non-hydrogen) atoms. The maximum absolute atomic E-state index is 12.7. The lowest BCUT2D eigenvalue weighted by Gasteiger charge is -2.19. The van der Waals surface area contributed by atoms with Crippen LogP contribution in [-0.2, 0) is 14.8 Å². The molecule has 1 amide bonds. The number of carbonyl (C=O) groups excluding carboxylic acids is 1. The summed E-state index contributed by atoms with van der Waals surface area (Å²) in [5, 5.41) is 2.58. The summed E-state index contributed by atoms with van der Waals surface area (Å²) in [7, 11) is -2.60. The van der Waals surface area contributed by atoms with Crippen LogP contribution in [0.5, 0.6) is 11.6 Å². The van der Waals surface area contributed by atoms with Gasteiger partial charge in [-0.1, -0.05) is 6.07 Å². The lowest BCUT2D eigenvalue weighted by atomic mass is 10.2. The Labute approximate surface area is 184 Å². The molecule has 0 radical (unpaired) electrons. The average molecular weight is 502 g/mol. The van der Waals surface area contributed by atoms with Gasteiger partial charge >= 0.3 is 6.09 Å². The van der Waals surface area contributed by atoms with Gasteiger partial charge in [0.05, 0.1) is 19.3 Å². The van der Waals surface area contributed by atoms with Crippen molar-refractivity contribution < 1.29 is 27.4 Å². The van der Waals surface area contributed by atoms with Crippen molar-refractivity contribution >= 4 is 37.7 Å². The second-order valence-corrected chi connectivity index (χ2v) is 9.64. The Morgan fingerprint density at radius 3 is 2.63 bits per heavy atom.